The Kier molecular flexibility index (Phi) is 4.57. The van der Waals surface area contributed by atoms with Gasteiger partial charge in [-0.2, -0.15) is 0 Å². The lowest BCUT2D eigenvalue weighted by molar-refractivity contribution is -0.130. The zero-order valence-electron chi connectivity index (χ0n) is 11.5. The third-order valence-corrected chi connectivity index (χ3v) is 3.15. The van der Waals surface area contributed by atoms with Crippen LogP contribution in [0.15, 0.2) is 18.2 Å². The summed E-state index contributed by atoms with van der Waals surface area (Å²) in [5, 5.41) is 0. The molecular weight excluding hydrogens is 262 g/mol. The van der Waals surface area contributed by atoms with E-state index in [9.17, 15) is 9.59 Å². The number of morpholine rings is 1. The van der Waals surface area contributed by atoms with E-state index in [2.05, 4.69) is 0 Å². The minimum absolute atomic E-state index is 0.241. The fraction of sp³-hybridized carbons (Fsp3) is 0.429. The van der Waals surface area contributed by atoms with Crippen LogP contribution in [0.5, 0.6) is 11.5 Å². The molecule has 1 aliphatic heterocycles. The molecule has 0 aromatic heterocycles. The average molecular weight is 279 g/mol. The van der Waals surface area contributed by atoms with Crippen molar-refractivity contribution in [3.63, 3.8) is 0 Å². The lowest BCUT2D eigenvalue weighted by Gasteiger charge is -2.26. The van der Waals surface area contributed by atoms with E-state index in [1.54, 1.807) is 18.2 Å². The summed E-state index contributed by atoms with van der Waals surface area (Å²) in [4.78, 5) is 25.9. The van der Waals surface area contributed by atoms with Crippen molar-refractivity contribution in [2.24, 2.45) is 0 Å². The number of Topliss-reactive ketones (excluding diaryl/α,β-unsaturated/α-hetero) is 1. The zero-order valence-corrected chi connectivity index (χ0v) is 11.5. The monoisotopic (exact) mass is 279 g/mol. The molecule has 1 aliphatic rings. The van der Waals surface area contributed by atoms with Crippen LogP contribution in [0.2, 0.25) is 0 Å². The van der Waals surface area contributed by atoms with Gasteiger partial charge in [0.25, 0.3) is 11.7 Å². The van der Waals surface area contributed by atoms with Crippen molar-refractivity contribution in [3.8, 4) is 11.5 Å². The van der Waals surface area contributed by atoms with Gasteiger partial charge in [-0.3, -0.25) is 9.59 Å². The zero-order chi connectivity index (χ0) is 14.5. The second-order valence-corrected chi connectivity index (χ2v) is 4.30. The molecule has 0 spiro atoms. The Bertz CT molecular complexity index is 508. The van der Waals surface area contributed by atoms with Crippen molar-refractivity contribution in [1.29, 1.82) is 0 Å². The first-order valence-electron chi connectivity index (χ1n) is 6.30. The predicted octanol–water partition coefficient (Wildman–Crippen LogP) is 0.745. The van der Waals surface area contributed by atoms with Crippen molar-refractivity contribution >= 4 is 11.7 Å². The van der Waals surface area contributed by atoms with Crippen molar-refractivity contribution < 1.29 is 23.8 Å². The number of benzene rings is 1. The lowest BCUT2D eigenvalue weighted by Crippen LogP contribution is -2.44. The molecule has 0 atom stereocenters. The van der Waals surface area contributed by atoms with Crippen LogP contribution in [0.4, 0.5) is 0 Å². The molecule has 1 aromatic carbocycles. The van der Waals surface area contributed by atoms with E-state index in [-0.39, 0.29) is 5.56 Å². The Morgan fingerprint density at radius 2 is 1.85 bits per heavy atom. The first-order chi connectivity index (χ1) is 9.67. The topological polar surface area (TPSA) is 65.1 Å². The third kappa shape index (κ3) is 2.91. The molecule has 1 amide bonds. The van der Waals surface area contributed by atoms with E-state index in [4.69, 9.17) is 14.2 Å². The summed E-state index contributed by atoms with van der Waals surface area (Å²) in [5.41, 5.74) is 0.241. The van der Waals surface area contributed by atoms with Crippen LogP contribution in [0, 0.1) is 0 Å². The summed E-state index contributed by atoms with van der Waals surface area (Å²) in [6.45, 7) is 1.78. The van der Waals surface area contributed by atoms with Crippen LogP contribution in [-0.4, -0.2) is 57.1 Å². The predicted molar refractivity (Wildman–Crippen MR) is 71.3 cm³/mol. The minimum atomic E-state index is -0.577. The molecule has 1 fully saturated rings. The summed E-state index contributed by atoms with van der Waals surface area (Å²) in [6, 6.07) is 4.75. The van der Waals surface area contributed by atoms with Gasteiger partial charge in [0.15, 0.2) is 0 Å². The summed E-state index contributed by atoms with van der Waals surface area (Å²) in [5.74, 6) is -0.212. The molecule has 0 aliphatic carbocycles. The van der Waals surface area contributed by atoms with Crippen LogP contribution in [0.25, 0.3) is 0 Å². The molecule has 20 heavy (non-hydrogen) atoms. The molecule has 0 saturated carbocycles. The fourth-order valence-corrected chi connectivity index (χ4v) is 2.01. The summed E-state index contributed by atoms with van der Waals surface area (Å²) < 4.78 is 15.4. The Balaban J connectivity index is 2.21. The van der Waals surface area contributed by atoms with E-state index in [1.807, 2.05) is 0 Å². The molecule has 0 radical (unpaired) electrons. The molecular formula is C14H17NO5. The van der Waals surface area contributed by atoms with E-state index in [1.165, 1.54) is 19.1 Å². The number of hydrogen-bond donors (Lipinski definition) is 0. The van der Waals surface area contributed by atoms with Crippen LogP contribution < -0.4 is 9.47 Å². The largest absolute Gasteiger partial charge is 0.497 e. The minimum Gasteiger partial charge on any atom is -0.497 e. The van der Waals surface area contributed by atoms with Gasteiger partial charge >= 0.3 is 0 Å². The van der Waals surface area contributed by atoms with Crippen molar-refractivity contribution in [3.05, 3.63) is 23.8 Å². The number of ether oxygens (including phenoxy) is 3. The Morgan fingerprint density at radius 1 is 1.15 bits per heavy atom. The van der Waals surface area contributed by atoms with Crippen LogP contribution in [0.3, 0.4) is 0 Å². The maximum absolute atomic E-state index is 12.3. The standard InChI is InChI=1S/C14H17NO5/c1-18-10-3-4-11(12(9-10)19-2)13(16)14(17)15-5-7-20-8-6-15/h3-4,9H,5-8H2,1-2H3. The first kappa shape index (κ1) is 14.3. The van der Waals surface area contributed by atoms with Gasteiger partial charge in [0, 0.05) is 19.2 Å². The van der Waals surface area contributed by atoms with Crippen LogP contribution in [0.1, 0.15) is 10.4 Å². The van der Waals surface area contributed by atoms with E-state index < -0.39 is 11.7 Å². The van der Waals surface area contributed by atoms with Gasteiger partial charge in [0.2, 0.25) is 0 Å². The third-order valence-electron chi connectivity index (χ3n) is 3.15. The van der Waals surface area contributed by atoms with Gasteiger partial charge in [0.1, 0.15) is 11.5 Å². The maximum atomic E-state index is 12.3. The van der Waals surface area contributed by atoms with Gasteiger partial charge in [-0.15, -0.1) is 0 Å². The van der Waals surface area contributed by atoms with Crippen molar-refractivity contribution in [1.82, 2.24) is 4.90 Å². The highest BCUT2D eigenvalue weighted by atomic mass is 16.5. The number of hydrogen-bond acceptors (Lipinski definition) is 5. The smallest absolute Gasteiger partial charge is 0.295 e. The molecule has 108 valence electrons. The Hall–Kier alpha value is -2.08. The molecule has 1 heterocycles. The highest BCUT2D eigenvalue weighted by Crippen LogP contribution is 2.25. The number of nitrogens with zero attached hydrogens (tertiary/aromatic N) is 1. The van der Waals surface area contributed by atoms with Gasteiger partial charge < -0.3 is 19.1 Å². The number of methoxy groups -OCH3 is 2. The highest BCUT2D eigenvalue weighted by molar-refractivity contribution is 6.43. The first-order valence-corrected chi connectivity index (χ1v) is 6.30. The van der Waals surface area contributed by atoms with Crippen molar-refractivity contribution in [2.75, 3.05) is 40.5 Å². The number of carbonyl (C=O) groups is 2. The SMILES string of the molecule is COc1ccc(C(=O)C(=O)N2CCOCC2)c(OC)c1. The van der Waals surface area contributed by atoms with E-state index >= 15 is 0 Å². The van der Waals surface area contributed by atoms with Gasteiger partial charge in [0.05, 0.1) is 33.0 Å². The second-order valence-electron chi connectivity index (χ2n) is 4.30. The van der Waals surface area contributed by atoms with E-state index in [0.717, 1.165) is 0 Å². The summed E-state index contributed by atoms with van der Waals surface area (Å²) in [7, 11) is 2.97. The molecule has 0 unspecified atom stereocenters. The molecule has 1 aromatic rings. The molecule has 6 nitrogen and oxygen atoms in total. The highest BCUT2D eigenvalue weighted by Gasteiger charge is 2.27. The molecule has 0 N–H and O–H groups in total. The van der Waals surface area contributed by atoms with Gasteiger partial charge in [-0.25, -0.2) is 0 Å². The van der Waals surface area contributed by atoms with Gasteiger partial charge in [-0.1, -0.05) is 0 Å². The quantitative estimate of drug-likeness (QED) is 0.601. The molecule has 1 saturated heterocycles. The van der Waals surface area contributed by atoms with Crippen LogP contribution >= 0.6 is 0 Å². The number of ketones is 1. The van der Waals surface area contributed by atoms with Crippen molar-refractivity contribution in [2.45, 2.75) is 0 Å². The normalized spacial score (nSPS) is 14.8. The molecule has 0 bridgehead atoms. The number of rotatable bonds is 4. The summed E-state index contributed by atoms with van der Waals surface area (Å²) >= 11 is 0. The average Bonchev–Trinajstić information content (AvgIpc) is 2.53. The van der Waals surface area contributed by atoms with E-state index in [0.29, 0.717) is 37.8 Å². The number of amides is 1. The van der Waals surface area contributed by atoms with Gasteiger partial charge in [-0.05, 0) is 12.1 Å². The lowest BCUT2D eigenvalue weighted by atomic mass is 10.1. The van der Waals surface area contributed by atoms with Crippen LogP contribution in [-0.2, 0) is 9.53 Å². The molecule has 2 rings (SSSR count). The Labute approximate surface area is 117 Å². The Morgan fingerprint density at radius 3 is 2.45 bits per heavy atom. The second kappa shape index (κ2) is 6.38. The maximum Gasteiger partial charge on any atom is 0.295 e. The molecule has 6 heteroatoms. The summed E-state index contributed by atoms with van der Waals surface area (Å²) in [6.07, 6.45) is 0. The number of carbonyl (C=O) groups excluding carboxylic acids is 2. The fourth-order valence-electron chi connectivity index (χ4n) is 2.01.